The Labute approximate surface area is 169 Å². The van der Waals surface area contributed by atoms with Gasteiger partial charge in [0.1, 0.15) is 5.69 Å². The van der Waals surface area contributed by atoms with Crippen molar-refractivity contribution in [3.05, 3.63) is 41.9 Å². The minimum atomic E-state index is 0.420. The number of fused-ring (bicyclic) bond motifs is 1. The average Bonchev–Trinajstić information content (AvgIpc) is 3.30. The van der Waals surface area contributed by atoms with Crippen LogP contribution in [-0.2, 0) is 4.74 Å². The number of hydrogen-bond donors (Lipinski definition) is 0. The maximum Gasteiger partial charge on any atom is 0.103 e. The highest BCUT2D eigenvalue weighted by Gasteiger charge is 2.31. The molecule has 148 valence electrons. The van der Waals surface area contributed by atoms with Crippen molar-refractivity contribution in [1.29, 1.82) is 5.26 Å². The molecule has 3 aliphatic rings. The van der Waals surface area contributed by atoms with Crippen LogP contribution in [0.15, 0.2) is 30.7 Å². The van der Waals surface area contributed by atoms with Crippen LogP contribution in [0.5, 0.6) is 0 Å². The van der Waals surface area contributed by atoms with Crippen LogP contribution in [0.25, 0.3) is 16.6 Å². The summed E-state index contributed by atoms with van der Waals surface area (Å²) in [6.45, 7) is 3.89. The molecule has 0 spiro atoms. The monoisotopic (exact) mass is 388 g/mol. The van der Waals surface area contributed by atoms with Crippen molar-refractivity contribution in [2.45, 2.75) is 43.7 Å². The van der Waals surface area contributed by atoms with E-state index in [1.807, 2.05) is 27.8 Å². The summed E-state index contributed by atoms with van der Waals surface area (Å²) in [5.41, 5.74) is 4.00. The van der Waals surface area contributed by atoms with Gasteiger partial charge in [-0.25, -0.2) is 4.68 Å². The second-order valence-electron chi connectivity index (χ2n) is 8.58. The summed E-state index contributed by atoms with van der Waals surface area (Å²) >= 11 is 0. The highest BCUT2D eigenvalue weighted by Crippen LogP contribution is 2.36. The van der Waals surface area contributed by atoms with Crippen molar-refractivity contribution in [2.75, 3.05) is 26.3 Å². The summed E-state index contributed by atoms with van der Waals surface area (Å²) in [6.07, 6.45) is 10.4. The summed E-state index contributed by atoms with van der Waals surface area (Å²) in [6, 6.07) is 7.78. The van der Waals surface area contributed by atoms with Gasteiger partial charge in [-0.15, -0.1) is 0 Å². The number of ether oxygens (including phenoxy) is 1. The number of hydrogen-bond acceptors (Lipinski definition) is 5. The Morgan fingerprint density at radius 1 is 1.00 bits per heavy atom. The van der Waals surface area contributed by atoms with Crippen molar-refractivity contribution < 1.29 is 4.74 Å². The maximum absolute atomic E-state index is 9.77. The zero-order valence-electron chi connectivity index (χ0n) is 16.4. The maximum atomic E-state index is 9.77. The molecular formula is C22H24N6O. The summed E-state index contributed by atoms with van der Waals surface area (Å²) in [4.78, 5) is 2.54. The highest BCUT2D eigenvalue weighted by atomic mass is 16.5. The molecule has 0 radical (unpaired) electrons. The molecule has 0 unspecified atom stereocenters. The molecule has 1 aliphatic carbocycles. The smallest absolute Gasteiger partial charge is 0.103 e. The lowest BCUT2D eigenvalue weighted by Crippen LogP contribution is -2.51. The van der Waals surface area contributed by atoms with E-state index in [2.05, 4.69) is 33.4 Å². The molecule has 1 aromatic carbocycles. The minimum absolute atomic E-state index is 0.420. The Hall–Kier alpha value is -2.69. The Balaban J connectivity index is 1.33. The van der Waals surface area contributed by atoms with Gasteiger partial charge in [0, 0.05) is 5.39 Å². The van der Waals surface area contributed by atoms with Gasteiger partial charge in [-0.1, -0.05) is 0 Å². The molecule has 7 heteroatoms. The number of likely N-dealkylation sites (tertiary alicyclic amines) is 1. The Morgan fingerprint density at radius 2 is 1.83 bits per heavy atom. The van der Waals surface area contributed by atoms with Crippen molar-refractivity contribution in [3.8, 4) is 11.8 Å². The van der Waals surface area contributed by atoms with Crippen molar-refractivity contribution >= 4 is 10.9 Å². The summed E-state index contributed by atoms with van der Waals surface area (Å²) in [5.74, 6) is 0.420. The van der Waals surface area contributed by atoms with Crippen molar-refractivity contribution in [3.63, 3.8) is 0 Å². The Morgan fingerprint density at radius 3 is 2.52 bits per heavy atom. The van der Waals surface area contributed by atoms with E-state index in [1.165, 1.54) is 18.4 Å². The molecule has 4 heterocycles. The topological polar surface area (TPSA) is 71.9 Å². The third kappa shape index (κ3) is 2.95. The average molecular weight is 388 g/mol. The zero-order valence-corrected chi connectivity index (χ0v) is 16.4. The predicted octanol–water partition coefficient (Wildman–Crippen LogP) is 3.01. The molecule has 2 saturated heterocycles. The van der Waals surface area contributed by atoms with Gasteiger partial charge in [0.2, 0.25) is 0 Å². The molecule has 3 fully saturated rings. The summed E-state index contributed by atoms with van der Waals surface area (Å²) in [5, 5.41) is 19.9. The van der Waals surface area contributed by atoms with Gasteiger partial charge >= 0.3 is 0 Å². The fourth-order valence-electron chi connectivity index (χ4n) is 4.72. The first-order valence-corrected chi connectivity index (χ1v) is 10.6. The fourth-order valence-corrected chi connectivity index (χ4v) is 4.72. The largest absolute Gasteiger partial charge is 0.378 e. The van der Waals surface area contributed by atoms with Gasteiger partial charge in [0.25, 0.3) is 0 Å². The van der Waals surface area contributed by atoms with Crippen LogP contribution in [0.2, 0.25) is 0 Å². The molecule has 0 amide bonds. The Bertz CT molecular complexity index is 1090. The van der Waals surface area contributed by atoms with Crippen LogP contribution in [0, 0.1) is 11.3 Å². The lowest BCUT2D eigenvalue weighted by Gasteiger charge is -2.41. The lowest BCUT2D eigenvalue weighted by atomic mass is 9.85. The molecule has 2 aromatic heterocycles. The number of benzene rings is 1. The van der Waals surface area contributed by atoms with Gasteiger partial charge in [-0.05, 0) is 62.4 Å². The number of piperidine rings is 1. The second kappa shape index (κ2) is 6.68. The van der Waals surface area contributed by atoms with E-state index in [9.17, 15) is 5.26 Å². The van der Waals surface area contributed by atoms with Gasteiger partial charge in [-0.2, -0.15) is 15.5 Å². The van der Waals surface area contributed by atoms with E-state index in [0.717, 1.165) is 61.3 Å². The van der Waals surface area contributed by atoms with Crippen LogP contribution in [0.4, 0.5) is 0 Å². The van der Waals surface area contributed by atoms with E-state index in [1.54, 1.807) is 0 Å². The third-order valence-electron chi connectivity index (χ3n) is 6.72. The molecule has 2 aliphatic heterocycles. The number of rotatable bonds is 4. The zero-order chi connectivity index (χ0) is 19.4. The SMILES string of the molecule is N#Cc1cc2cnn(-c3cnn(C4CC4)c3)c2cc1C1CCN(C2COC2)CC1. The fraction of sp³-hybridized carbons (Fsp3) is 0.500. The molecule has 29 heavy (non-hydrogen) atoms. The molecule has 3 aromatic rings. The summed E-state index contributed by atoms with van der Waals surface area (Å²) in [7, 11) is 0. The van der Waals surface area contributed by atoms with Crippen LogP contribution in [-0.4, -0.2) is 56.8 Å². The van der Waals surface area contributed by atoms with Crippen LogP contribution in [0.3, 0.4) is 0 Å². The van der Waals surface area contributed by atoms with Crippen LogP contribution < -0.4 is 0 Å². The second-order valence-corrected chi connectivity index (χ2v) is 8.58. The van der Waals surface area contributed by atoms with Gasteiger partial charge in [0.05, 0.1) is 61.0 Å². The first-order chi connectivity index (χ1) is 14.3. The third-order valence-corrected chi connectivity index (χ3v) is 6.72. The standard InChI is InChI=1S/C22H24N6O/c23-9-16-7-17-10-25-28(19-11-24-27(12-19)18-1-2-18)22(17)8-21(16)15-3-5-26(6-4-15)20-13-29-14-20/h7-8,10-12,15,18,20H,1-6,13-14H2. The van der Waals surface area contributed by atoms with Crippen LogP contribution in [0.1, 0.15) is 48.8 Å². The molecule has 0 N–H and O–H groups in total. The van der Waals surface area contributed by atoms with E-state index in [-0.39, 0.29) is 0 Å². The minimum Gasteiger partial charge on any atom is -0.378 e. The number of nitriles is 1. The summed E-state index contributed by atoms with van der Waals surface area (Å²) < 4.78 is 9.36. The van der Waals surface area contributed by atoms with Crippen molar-refractivity contribution in [1.82, 2.24) is 24.5 Å². The first-order valence-electron chi connectivity index (χ1n) is 10.6. The highest BCUT2D eigenvalue weighted by molar-refractivity contribution is 5.83. The normalized spacial score (nSPS) is 21.3. The Kier molecular flexibility index (Phi) is 3.96. The first kappa shape index (κ1) is 17.2. The molecule has 0 bridgehead atoms. The molecule has 1 saturated carbocycles. The van der Waals surface area contributed by atoms with Gasteiger partial charge in [0.15, 0.2) is 0 Å². The van der Waals surface area contributed by atoms with Gasteiger partial charge in [-0.3, -0.25) is 9.58 Å². The van der Waals surface area contributed by atoms with E-state index in [0.29, 0.717) is 18.0 Å². The molecular weight excluding hydrogens is 364 g/mol. The van der Waals surface area contributed by atoms with Gasteiger partial charge < -0.3 is 4.74 Å². The number of nitrogens with zero attached hydrogens (tertiary/aromatic N) is 6. The van der Waals surface area contributed by atoms with E-state index in [4.69, 9.17) is 4.74 Å². The molecule has 6 rings (SSSR count). The van der Waals surface area contributed by atoms with Crippen molar-refractivity contribution in [2.24, 2.45) is 0 Å². The molecule has 0 atom stereocenters. The molecule has 7 nitrogen and oxygen atoms in total. The van der Waals surface area contributed by atoms with E-state index >= 15 is 0 Å². The van der Waals surface area contributed by atoms with Crippen LogP contribution >= 0.6 is 0 Å². The lowest BCUT2D eigenvalue weighted by molar-refractivity contribution is -0.0712. The number of aromatic nitrogens is 4. The predicted molar refractivity (Wildman–Crippen MR) is 108 cm³/mol. The quantitative estimate of drug-likeness (QED) is 0.687. The van der Waals surface area contributed by atoms with E-state index < -0.39 is 0 Å².